The van der Waals surface area contributed by atoms with Gasteiger partial charge < -0.3 is 10.1 Å². The minimum absolute atomic E-state index is 0.0132. The minimum Gasteiger partial charge on any atom is -0.496 e. The number of rotatable bonds is 8. The third-order valence-electron chi connectivity index (χ3n) is 7.85. The molecule has 42 heavy (non-hydrogen) atoms. The number of ether oxygens (including phenoxy) is 1. The second-order valence-corrected chi connectivity index (χ2v) is 12.8. The van der Waals surface area contributed by atoms with E-state index in [1.54, 1.807) is 24.3 Å². The van der Waals surface area contributed by atoms with Crippen LogP contribution in [-0.4, -0.2) is 30.8 Å². The maximum atomic E-state index is 15.8. The number of hydrogen-bond acceptors (Lipinski definition) is 5. The maximum Gasteiger partial charge on any atom is 0.159 e. The third kappa shape index (κ3) is 5.94. The zero-order chi connectivity index (χ0) is 31.0. The fourth-order valence-corrected chi connectivity index (χ4v) is 6.36. The number of Topliss-reactive ketones (excluding diaryl/α,β-unsaturated/α-hetero) is 2. The summed E-state index contributed by atoms with van der Waals surface area (Å²) in [6, 6.07) is 13.7. The summed E-state index contributed by atoms with van der Waals surface area (Å²) in [5, 5.41) is 14.3. The zero-order valence-electron chi connectivity index (χ0n) is 24.0. The number of benzene rings is 3. The van der Waals surface area contributed by atoms with Crippen molar-refractivity contribution in [3.63, 3.8) is 0 Å². The van der Waals surface area contributed by atoms with Gasteiger partial charge >= 0.3 is 0 Å². The van der Waals surface area contributed by atoms with E-state index >= 15 is 8.78 Å². The molecule has 1 aliphatic rings. The van der Waals surface area contributed by atoms with E-state index in [9.17, 15) is 14.9 Å². The van der Waals surface area contributed by atoms with Crippen LogP contribution in [0, 0.1) is 28.4 Å². The Kier molecular flexibility index (Phi) is 9.13. The second kappa shape index (κ2) is 12.1. The molecule has 0 saturated carbocycles. The predicted octanol–water partition coefficient (Wildman–Crippen LogP) is 7.62. The van der Waals surface area contributed by atoms with Crippen molar-refractivity contribution in [3.8, 4) is 11.8 Å². The molecule has 0 bridgehead atoms. The molecule has 1 saturated heterocycles. The molecule has 9 heteroatoms. The van der Waals surface area contributed by atoms with Crippen LogP contribution >= 0.6 is 23.2 Å². The van der Waals surface area contributed by atoms with Gasteiger partial charge in [0.05, 0.1) is 24.2 Å². The van der Waals surface area contributed by atoms with Gasteiger partial charge in [-0.1, -0.05) is 74.3 Å². The van der Waals surface area contributed by atoms with Crippen LogP contribution in [0.5, 0.6) is 5.75 Å². The molecule has 0 aliphatic carbocycles. The molecule has 0 aromatic heterocycles. The Morgan fingerprint density at radius 2 is 1.81 bits per heavy atom. The first-order chi connectivity index (χ1) is 19.7. The lowest BCUT2D eigenvalue weighted by Gasteiger charge is -2.37. The number of nitrogens with one attached hydrogen (secondary N) is 1. The van der Waals surface area contributed by atoms with Crippen molar-refractivity contribution in [2.45, 2.75) is 64.0 Å². The smallest absolute Gasteiger partial charge is 0.159 e. The van der Waals surface area contributed by atoms with Crippen LogP contribution in [0.15, 0.2) is 54.6 Å². The van der Waals surface area contributed by atoms with Crippen LogP contribution in [0.1, 0.15) is 67.1 Å². The summed E-state index contributed by atoms with van der Waals surface area (Å²) >= 11 is 12.3. The van der Waals surface area contributed by atoms with E-state index in [0.29, 0.717) is 23.3 Å². The highest BCUT2D eigenvalue weighted by atomic mass is 35.5. The van der Waals surface area contributed by atoms with Crippen LogP contribution in [0.25, 0.3) is 0 Å². The van der Waals surface area contributed by atoms with Crippen molar-refractivity contribution >= 4 is 34.8 Å². The van der Waals surface area contributed by atoms with E-state index in [1.807, 2.05) is 20.8 Å². The first kappa shape index (κ1) is 31.6. The Labute approximate surface area is 254 Å². The molecular weight excluding hydrogens is 581 g/mol. The lowest BCUT2D eigenvalue weighted by atomic mass is 9.62. The number of methoxy groups -OCH3 is 1. The van der Waals surface area contributed by atoms with Crippen molar-refractivity contribution in [3.05, 3.63) is 98.5 Å². The molecule has 4 rings (SSSR count). The number of ketones is 2. The molecule has 1 fully saturated rings. The standard InChI is InChI=1S/C33H32Cl2F2N2O3/c1-18(40)19-9-10-20(27(14-19)42-5)13-26(41)31-29(22-7-6-8-24(35)30(22)37)33(17-38,28(39-31)16-32(2,3)4)23-12-11-21(34)15-25(23)36/h6-12,14-15,28-29,31,39H,13,16H2,1-5H3/t28-,29-,31-,33-/m0/s1. The van der Waals surface area contributed by atoms with Crippen molar-refractivity contribution in [2.24, 2.45) is 5.41 Å². The van der Waals surface area contributed by atoms with Gasteiger partial charge in [-0.05, 0) is 48.6 Å². The first-order valence-corrected chi connectivity index (χ1v) is 14.3. The summed E-state index contributed by atoms with van der Waals surface area (Å²) < 4.78 is 37.1. The summed E-state index contributed by atoms with van der Waals surface area (Å²) in [7, 11) is 1.44. The Balaban J connectivity index is 1.95. The number of hydrogen-bond donors (Lipinski definition) is 1. The van der Waals surface area contributed by atoms with Gasteiger partial charge in [-0.25, -0.2) is 8.78 Å². The van der Waals surface area contributed by atoms with Crippen LogP contribution < -0.4 is 10.1 Å². The number of nitrogens with zero attached hydrogens (tertiary/aromatic N) is 1. The second-order valence-electron chi connectivity index (χ2n) is 11.9. The van der Waals surface area contributed by atoms with Crippen LogP contribution in [-0.2, 0) is 16.6 Å². The van der Waals surface area contributed by atoms with Gasteiger partial charge in [-0.15, -0.1) is 0 Å². The Morgan fingerprint density at radius 3 is 2.40 bits per heavy atom. The highest BCUT2D eigenvalue weighted by Crippen LogP contribution is 2.53. The fourth-order valence-electron chi connectivity index (χ4n) is 6.02. The van der Waals surface area contributed by atoms with Gasteiger partial charge in [0.2, 0.25) is 0 Å². The normalized spacial score (nSPS) is 22.0. The maximum absolute atomic E-state index is 15.8. The van der Waals surface area contributed by atoms with Crippen molar-refractivity contribution in [1.82, 2.24) is 5.32 Å². The molecule has 0 amide bonds. The highest BCUT2D eigenvalue weighted by molar-refractivity contribution is 6.31. The average molecular weight is 614 g/mol. The van der Waals surface area contributed by atoms with E-state index in [-0.39, 0.29) is 44.6 Å². The summed E-state index contributed by atoms with van der Waals surface area (Å²) in [5.41, 5.74) is -1.09. The summed E-state index contributed by atoms with van der Waals surface area (Å²) in [4.78, 5) is 26.1. The van der Waals surface area contributed by atoms with E-state index < -0.39 is 35.1 Å². The van der Waals surface area contributed by atoms with Crippen LogP contribution in [0.4, 0.5) is 8.78 Å². The summed E-state index contributed by atoms with van der Waals surface area (Å²) in [6.07, 6.45) is 0.215. The average Bonchev–Trinajstić information content (AvgIpc) is 3.23. The predicted molar refractivity (Wildman–Crippen MR) is 159 cm³/mol. The monoisotopic (exact) mass is 612 g/mol. The number of nitriles is 1. The molecule has 1 N–H and O–H groups in total. The number of carbonyl (C=O) groups is 2. The molecule has 4 atom stereocenters. The van der Waals surface area contributed by atoms with Gasteiger partial charge in [0.25, 0.3) is 0 Å². The fraction of sp³-hybridized carbons (Fsp3) is 0.364. The quantitative estimate of drug-likeness (QED) is 0.265. The largest absolute Gasteiger partial charge is 0.496 e. The molecule has 3 aromatic rings. The lowest BCUT2D eigenvalue weighted by molar-refractivity contribution is -0.120. The molecule has 1 heterocycles. The van der Waals surface area contributed by atoms with E-state index in [2.05, 4.69) is 11.4 Å². The summed E-state index contributed by atoms with van der Waals surface area (Å²) in [5.74, 6) is -2.84. The molecular formula is C33H32Cl2F2N2O3. The SMILES string of the molecule is COc1cc(C(C)=O)ccc1CC(=O)[C@@H]1N[C@@H](CC(C)(C)C)[C@](C#N)(c2ccc(Cl)cc2F)[C@H]1c1cccc(Cl)c1F. The molecule has 1 aliphatic heterocycles. The van der Waals surface area contributed by atoms with Crippen molar-refractivity contribution < 1.29 is 23.1 Å². The van der Waals surface area contributed by atoms with Gasteiger partial charge in [0, 0.05) is 40.1 Å². The van der Waals surface area contributed by atoms with E-state index in [1.165, 1.54) is 38.3 Å². The molecule has 0 radical (unpaired) electrons. The van der Waals surface area contributed by atoms with Gasteiger partial charge in [0.15, 0.2) is 11.6 Å². The van der Waals surface area contributed by atoms with Crippen LogP contribution in [0.2, 0.25) is 10.0 Å². The Hall–Kier alpha value is -3.31. The third-order valence-corrected chi connectivity index (χ3v) is 8.38. The molecule has 220 valence electrons. The van der Waals surface area contributed by atoms with Gasteiger partial charge in [0.1, 0.15) is 22.8 Å². The van der Waals surface area contributed by atoms with Crippen LogP contribution in [0.3, 0.4) is 0 Å². The highest BCUT2D eigenvalue weighted by Gasteiger charge is 2.60. The zero-order valence-corrected chi connectivity index (χ0v) is 25.5. The molecule has 0 spiro atoms. The number of carbonyl (C=O) groups excluding carboxylic acids is 2. The topological polar surface area (TPSA) is 79.2 Å². The molecule has 3 aromatic carbocycles. The summed E-state index contributed by atoms with van der Waals surface area (Å²) in [6.45, 7) is 7.35. The van der Waals surface area contributed by atoms with E-state index in [4.69, 9.17) is 27.9 Å². The lowest BCUT2D eigenvalue weighted by Crippen LogP contribution is -2.44. The van der Waals surface area contributed by atoms with Gasteiger partial charge in [-0.3, -0.25) is 9.59 Å². The van der Waals surface area contributed by atoms with Crippen molar-refractivity contribution in [1.29, 1.82) is 5.26 Å². The van der Waals surface area contributed by atoms with Gasteiger partial charge in [-0.2, -0.15) is 5.26 Å². The molecule has 0 unspecified atom stereocenters. The molecule has 5 nitrogen and oxygen atoms in total. The minimum atomic E-state index is -1.71. The Morgan fingerprint density at radius 1 is 1.10 bits per heavy atom. The number of halogens is 4. The van der Waals surface area contributed by atoms with E-state index in [0.717, 1.165) is 6.07 Å². The Bertz CT molecular complexity index is 1580. The van der Waals surface area contributed by atoms with Crippen molar-refractivity contribution in [2.75, 3.05) is 7.11 Å². The first-order valence-electron chi connectivity index (χ1n) is 13.5.